The second-order valence-corrected chi connectivity index (χ2v) is 7.54. The van der Waals surface area contributed by atoms with Gasteiger partial charge in [0.15, 0.2) is 0 Å². The molecule has 4 aromatic rings. The maximum absolute atomic E-state index is 13.5. The van der Waals surface area contributed by atoms with Crippen LogP contribution in [0.25, 0.3) is 27.9 Å². The van der Waals surface area contributed by atoms with E-state index in [1.165, 1.54) is 6.33 Å². The summed E-state index contributed by atoms with van der Waals surface area (Å²) in [5.74, 6) is 1.21. The molecule has 0 N–H and O–H groups in total. The van der Waals surface area contributed by atoms with Crippen molar-refractivity contribution in [1.82, 2.24) is 29.0 Å². The van der Waals surface area contributed by atoms with Crippen molar-refractivity contribution in [2.75, 3.05) is 40.0 Å². The van der Waals surface area contributed by atoms with Gasteiger partial charge in [-0.2, -0.15) is 14.6 Å². The van der Waals surface area contributed by atoms with Gasteiger partial charge in [-0.05, 0) is 36.8 Å². The van der Waals surface area contributed by atoms with E-state index < -0.39 is 0 Å². The molecule has 1 saturated heterocycles. The van der Waals surface area contributed by atoms with Crippen molar-refractivity contribution in [2.45, 2.75) is 13.0 Å². The Balaban J connectivity index is 1.55. The highest BCUT2D eigenvalue weighted by atomic mass is 16.5. The minimum atomic E-state index is -0.0739. The van der Waals surface area contributed by atoms with E-state index in [-0.39, 0.29) is 5.56 Å². The molecule has 0 aliphatic carbocycles. The Kier molecular flexibility index (Phi) is 5.35. The van der Waals surface area contributed by atoms with E-state index in [1.54, 1.807) is 16.2 Å². The first-order valence-electron chi connectivity index (χ1n) is 10.4. The monoisotopic (exact) mass is 420 g/mol. The number of hydrogen-bond acceptors (Lipinski definition) is 7. The lowest BCUT2D eigenvalue weighted by atomic mass is 10.1. The van der Waals surface area contributed by atoms with Gasteiger partial charge in [0.05, 0.1) is 36.9 Å². The summed E-state index contributed by atoms with van der Waals surface area (Å²) in [4.78, 5) is 24.6. The lowest BCUT2D eigenvalue weighted by Crippen LogP contribution is -2.37. The third kappa shape index (κ3) is 3.77. The van der Waals surface area contributed by atoms with Crippen molar-refractivity contribution in [1.29, 1.82) is 0 Å². The van der Waals surface area contributed by atoms with Gasteiger partial charge in [0.25, 0.3) is 11.3 Å². The number of pyridine rings is 1. The highest BCUT2D eigenvalue weighted by molar-refractivity contribution is 5.93. The standard InChI is InChI=1S/C22H24N6O3/c1-30-17-5-3-16(4-6-17)20-19-18(25-22-23-15-24-28(20)22)7-10-27(21(19)29)9-2-8-26-11-13-31-14-12-26/h3-7,10,15H,2,8-9,11-14H2,1H3. The Morgan fingerprint density at radius 1 is 1.10 bits per heavy atom. The number of methoxy groups -OCH3 is 1. The zero-order chi connectivity index (χ0) is 21.2. The molecule has 1 aliphatic heterocycles. The van der Waals surface area contributed by atoms with E-state index in [4.69, 9.17) is 9.47 Å². The third-order valence-electron chi connectivity index (χ3n) is 5.68. The zero-order valence-electron chi connectivity index (χ0n) is 17.4. The Morgan fingerprint density at radius 3 is 2.68 bits per heavy atom. The van der Waals surface area contributed by atoms with E-state index in [0.29, 0.717) is 28.9 Å². The van der Waals surface area contributed by atoms with Gasteiger partial charge in [-0.15, -0.1) is 0 Å². The first-order chi connectivity index (χ1) is 15.2. The first kappa shape index (κ1) is 19.7. The molecular formula is C22H24N6O3. The Bertz CT molecular complexity index is 1260. The third-order valence-corrected chi connectivity index (χ3v) is 5.68. The summed E-state index contributed by atoms with van der Waals surface area (Å²) >= 11 is 0. The molecule has 3 aromatic heterocycles. The topological polar surface area (TPSA) is 86.8 Å². The molecule has 5 rings (SSSR count). The highest BCUT2D eigenvalue weighted by Gasteiger charge is 2.17. The summed E-state index contributed by atoms with van der Waals surface area (Å²) < 4.78 is 14.1. The number of rotatable bonds is 6. The predicted molar refractivity (Wildman–Crippen MR) is 116 cm³/mol. The van der Waals surface area contributed by atoms with E-state index in [1.807, 2.05) is 36.5 Å². The number of morpholine rings is 1. The van der Waals surface area contributed by atoms with Crippen molar-refractivity contribution < 1.29 is 9.47 Å². The second kappa shape index (κ2) is 8.44. The van der Waals surface area contributed by atoms with Crippen LogP contribution in [0.15, 0.2) is 47.7 Å². The van der Waals surface area contributed by atoms with Gasteiger partial charge in [-0.25, -0.2) is 4.98 Å². The van der Waals surface area contributed by atoms with Gasteiger partial charge >= 0.3 is 0 Å². The van der Waals surface area contributed by atoms with Gasteiger partial charge in [0, 0.05) is 37.9 Å². The molecule has 0 spiro atoms. The van der Waals surface area contributed by atoms with Crippen LogP contribution in [0.1, 0.15) is 6.42 Å². The van der Waals surface area contributed by atoms with Crippen LogP contribution in [0.2, 0.25) is 0 Å². The fourth-order valence-electron chi connectivity index (χ4n) is 4.04. The molecule has 31 heavy (non-hydrogen) atoms. The fourth-order valence-corrected chi connectivity index (χ4v) is 4.04. The van der Waals surface area contributed by atoms with Gasteiger partial charge in [-0.1, -0.05) is 0 Å². The minimum absolute atomic E-state index is 0.0739. The summed E-state index contributed by atoms with van der Waals surface area (Å²) in [7, 11) is 1.63. The number of benzene rings is 1. The summed E-state index contributed by atoms with van der Waals surface area (Å²) in [5, 5.41) is 4.87. The molecule has 0 radical (unpaired) electrons. The molecule has 1 aliphatic rings. The largest absolute Gasteiger partial charge is 0.497 e. The lowest BCUT2D eigenvalue weighted by molar-refractivity contribution is 0.0369. The van der Waals surface area contributed by atoms with Crippen molar-refractivity contribution >= 4 is 16.7 Å². The Hall–Kier alpha value is -3.30. The molecule has 4 heterocycles. The smallest absolute Gasteiger partial charge is 0.262 e. The van der Waals surface area contributed by atoms with Crippen LogP contribution in [0, 0.1) is 0 Å². The van der Waals surface area contributed by atoms with Gasteiger partial charge in [0.1, 0.15) is 12.1 Å². The lowest BCUT2D eigenvalue weighted by Gasteiger charge is -2.26. The van der Waals surface area contributed by atoms with Crippen molar-refractivity contribution in [3.05, 3.63) is 53.2 Å². The van der Waals surface area contributed by atoms with E-state index in [9.17, 15) is 4.79 Å². The fraction of sp³-hybridized carbons (Fsp3) is 0.364. The summed E-state index contributed by atoms with van der Waals surface area (Å²) in [6, 6.07) is 9.46. The maximum Gasteiger partial charge on any atom is 0.262 e. The molecule has 160 valence electrons. The van der Waals surface area contributed by atoms with Gasteiger partial charge < -0.3 is 14.0 Å². The molecule has 0 unspecified atom stereocenters. The maximum atomic E-state index is 13.5. The van der Waals surface area contributed by atoms with Crippen LogP contribution in [-0.2, 0) is 11.3 Å². The average Bonchev–Trinajstić information content (AvgIpc) is 3.28. The molecule has 0 saturated carbocycles. The number of nitrogens with zero attached hydrogens (tertiary/aromatic N) is 6. The van der Waals surface area contributed by atoms with Crippen LogP contribution in [0.4, 0.5) is 0 Å². The Morgan fingerprint density at radius 2 is 1.90 bits per heavy atom. The van der Waals surface area contributed by atoms with E-state index in [0.717, 1.165) is 50.6 Å². The van der Waals surface area contributed by atoms with Gasteiger partial charge in [0.2, 0.25) is 0 Å². The number of ether oxygens (including phenoxy) is 2. The Labute approximate surface area is 178 Å². The molecule has 1 aromatic carbocycles. The number of fused-ring (bicyclic) bond motifs is 2. The van der Waals surface area contributed by atoms with Crippen molar-refractivity contribution in [2.24, 2.45) is 0 Å². The average molecular weight is 420 g/mol. The highest BCUT2D eigenvalue weighted by Crippen LogP contribution is 2.27. The molecule has 1 fully saturated rings. The van der Waals surface area contributed by atoms with Crippen LogP contribution in [0.3, 0.4) is 0 Å². The number of aromatic nitrogens is 5. The first-order valence-corrected chi connectivity index (χ1v) is 10.4. The minimum Gasteiger partial charge on any atom is -0.497 e. The number of aryl methyl sites for hydroxylation is 1. The van der Waals surface area contributed by atoms with E-state index in [2.05, 4.69) is 20.0 Å². The summed E-state index contributed by atoms with van der Waals surface area (Å²) in [6.07, 6.45) is 4.17. The van der Waals surface area contributed by atoms with Crippen LogP contribution >= 0.6 is 0 Å². The zero-order valence-corrected chi connectivity index (χ0v) is 17.4. The van der Waals surface area contributed by atoms with Crippen LogP contribution < -0.4 is 10.3 Å². The van der Waals surface area contributed by atoms with E-state index >= 15 is 0 Å². The van der Waals surface area contributed by atoms with Crippen LogP contribution in [-0.4, -0.2) is 69.0 Å². The molecule has 9 nitrogen and oxygen atoms in total. The molecule has 9 heteroatoms. The predicted octanol–water partition coefficient (Wildman–Crippen LogP) is 1.84. The quantitative estimate of drug-likeness (QED) is 0.470. The SMILES string of the molecule is COc1ccc(-c2c3c(=O)n(CCCN4CCOCC4)ccc3nc3ncnn23)cc1. The summed E-state index contributed by atoms with van der Waals surface area (Å²) in [5.41, 5.74) is 2.08. The van der Waals surface area contributed by atoms with Crippen molar-refractivity contribution in [3.8, 4) is 17.0 Å². The van der Waals surface area contributed by atoms with Crippen molar-refractivity contribution in [3.63, 3.8) is 0 Å². The molecule has 0 amide bonds. The normalized spacial score (nSPS) is 15.0. The summed E-state index contributed by atoms with van der Waals surface area (Å²) in [6.45, 7) is 5.04. The number of hydrogen-bond donors (Lipinski definition) is 0. The molecular weight excluding hydrogens is 396 g/mol. The van der Waals surface area contributed by atoms with Gasteiger partial charge in [-0.3, -0.25) is 9.69 Å². The molecule has 0 atom stereocenters. The second-order valence-electron chi connectivity index (χ2n) is 7.54. The van der Waals surface area contributed by atoms with Crippen LogP contribution in [0.5, 0.6) is 5.75 Å². The molecule has 0 bridgehead atoms.